The van der Waals surface area contributed by atoms with Crippen molar-refractivity contribution in [1.82, 2.24) is 15.5 Å². The van der Waals surface area contributed by atoms with Gasteiger partial charge in [0.15, 0.2) is 0 Å². The maximum atomic E-state index is 12.6. The number of imide groups is 1. The van der Waals surface area contributed by atoms with Crippen molar-refractivity contribution in [2.75, 3.05) is 18.4 Å². The molecule has 1 aliphatic heterocycles. The van der Waals surface area contributed by atoms with E-state index >= 15 is 0 Å². The number of carbonyl (C=O) groups excluding carboxylic acids is 4. The molecule has 0 radical (unpaired) electrons. The lowest BCUT2D eigenvalue weighted by Crippen LogP contribution is -2.44. The van der Waals surface area contributed by atoms with Crippen molar-refractivity contribution in [2.45, 2.75) is 57.9 Å². The predicted octanol–water partition coefficient (Wildman–Crippen LogP) is 2.66. The lowest BCUT2D eigenvalue weighted by atomic mass is 9.98. The SMILES string of the molecule is CC(C)CNC(=O)c1ccccc1NC(=O)CCCN1C(=O)NC2(CCCC2)C1=O. The van der Waals surface area contributed by atoms with Gasteiger partial charge in [-0.15, -0.1) is 0 Å². The summed E-state index contributed by atoms with van der Waals surface area (Å²) in [6.45, 7) is 4.77. The molecule has 0 unspecified atom stereocenters. The van der Waals surface area contributed by atoms with Gasteiger partial charge in [0.1, 0.15) is 5.54 Å². The summed E-state index contributed by atoms with van der Waals surface area (Å²) in [6, 6.07) is 6.48. The molecular formula is C22H30N4O4. The molecule has 0 atom stereocenters. The number of nitrogens with zero attached hydrogens (tertiary/aromatic N) is 1. The van der Waals surface area contributed by atoms with Crippen molar-refractivity contribution in [1.29, 1.82) is 0 Å². The Balaban J connectivity index is 1.51. The molecule has 3 rings (SSSR count). The highest BCUT2D eigenvalue weighted by atomic mass is 16.2. The van der Waals surface area contributed by atoms with E-state index in [0.717, 1.165) is 12.8 Å². The molecule has 1 aliphatic carbocycles. The van der Waals surface area contributed by atoms with E-state index in [9.17, 15) is 19.2 Å². The Morgan fingerprint density at radius 2 is 1.87 bits per heavy atom. The van der Waals surface area contributed by atoms with Gasteiger partial charge < -0.3 is 16.0 Å². The second kappa shape index (κ2) is 9.28. The summed E-state index contributed by atoms with van der Waals surface area (Å²) < 4.78 is 0. The Morgan fingerprint density at radius 3 is 2.57 bits per heavy atom. The number of hydrogen-bond donors (Lipinski definition) is 3. The summed E-state index contributed by atoms with van der Waals surface area (Å²) in [5.74, 6) is -0.343. The maximum absolute atomic E-state index is 12.6. The first-order valence-electron chi connectivity index (χ1n) is 10.6. The van der Waals surface area contributed by atoms with Gasteiger partial charge in [0.25, 0.3) is 11.8 Å². The average Bonchev–Trinajstić information content (AvgIpc) is 3.26. The Morgan fingerprint density at radius 1 is 1.17 bits per heavy atom. The number of rotatable bonds is 8. The van der Waals surface area contributed by atoms with Crippen LogP contribution in [0.5, 0.6) is 0 Å². The van der Waals surface area contributed by atoms with Gasteiger partial charge in [-0.1, -0.05) is 38.8 Å². The van der Waals surface area contributed by atoms with Gasteiger partial charge in [-0.05, 0) is 37.3 Å². The van der Waals surface area contributed by atoms with Gasteiger partial charge in [0.05, 0.1) is 11.3 Å². The van der Waals surface area contributed by atoms with Crippen LogP contribution in [0.4, 0.5) is 10.5 Å². The van der Waals surface area contributed by atoms with Crippen LogP contribution < -0.4 is 16.0 Å². The number of para-hydroxylation sites is 1. The fourth-order valence-electron chi connectivity index (χ4n) is 3.99. The Bertz CT molecular complexity index is 830. The van der Waals surface area contributed by atoms with E-state index in [0.29, 0.717) is 43.0 Å². The number of carbonyl (C=O) groups is 4. The highest BCUT2D eigenvalue weighted by molar-refractivity contribution is 6.07. The van der Waals surface area contributed by atoms with E-state index in [-0.39, 0.29) is 36.7 Å². The topological polar surface area (TPSA) is 108 Å². The fraction of sp³-hybridized carbons (Fsp3) is 0.545. The molecule has 8 nitrogen and oxygen atoms in total. The largest absolute Gasteiger partial charge is 0.352 e. The molecule has 5 amide bonds. The Hall–Kier alpha value is -2.90. The van der Waals surface area contributed by atoms with Crippen LogP contribution in [-0.2, 0) is 9.59 Å². The van der Waals surface area contributed by atoms with Crippen LogP contribution in [-0.4, -0.2) is 47.3 Å². The van der Waals surface area contributed by atoms with Gasteiger partial charge in [-0.2, -0.15) is 0 Å². The lowest BCUT2D eigenvalue weighted by Gasteiger charge is -2.20. The first-order chi connectivity index (χ1) is 14.3. The molecule has 30 heavy (non-hydrogen) atoms. The molecule has 0 aromatic heterocycles. The zero-order valence-electron chi connectivity index (χ0n) is 17.6. The van der Waals surface area contributed by atoms with Crippen LogP contribution >= 0.6 is 0 Å². The van der Waals surface area contributed by atoms with Crippen LogP contribution in [0, 0.1) is 5.92 Å². The summed E-state index contributed by atoms with van der Waals surface area (Å²) in [5, 5.41) is 8.46. The second-order valence-electron chi connectivity index (χ2n) is 8.48. The maximum Gasteiger partial charge on any atom is 0.325 e. The monoisotopic (exact) mass is 414 g/mol. The van der Waals surface area contributed by atoms with Crippen LogP contribution in [0.3, 0.4) is 0 Å². The molecule has 3 N–H and O–H groups in total. The van der Waals surface area contributed by atoms with Gasteiger partial charge in [-0.25, -0.2) is 4.79 Å². The molecule has 1 spiro atoms. The van der Waals surface area contributed by atoms with Gasteiger partial charge in [-0.3, -0.25) is 19.3 Å². The number of amides is 5. The summed E-state index contributed by atoms with van der Waals surface area (Å²) in [5.41, 5.74) is 0.133. The van der Waals surface area contributed by atoms with Crippen LogP contribution in [0.1, 0.15) is 62.7 Å². The predicted molar refractivity (Wildman–Crippen MR) is 113 cm³/mol. The van der Waals surface area contributed by atoms with Crippen molar-refractivity contribution in [3.63, 3.8) is 0 Å². The zero-order chi connectivity index (χ0) is 21.7. The second-order valence-corrected chi connectivity index (χ2v) is 8.48. The van der Waals surface area contributed by atoms with E-state index < -0.39 is 5.54 Å². The Labute approximate surface area is 176 Å². The van der Waals surface area contributed by atoms with Crippen molar-refractivity contribution in [3.05, 3.63) is 29.8 Å². The summed E-state index contributed by atoms with van der Waals surface area (Å²) in [4.78, 5) is 50.8. The molecule has 8 heteroatoms. The third-order valence-electron chi connectivity index (χ3n) is 5.61. The number of anilines is 1. The number of urea groups is 1. The van der Waals surface area contributed by atoms with Gasteiger partial charge >= 0.3 is 6.03 Å². The third-order valence-corrected chi connectivity index (χ3v) is 5.61. The molecule has 0 bridgehead atoms. The van der Waals surface area contributed by atoms with Crippen molar-refractivity contribution in [2.24, 2.45) is 5.92 Å². The lowest BCUT2D eigenvalue weighted by molar-refractivity contribution is -0.131. The van der Waals surface area contributed by atoms with Crippen molar-refractivity contribution >= 4 is 29.4 Å². The van der Waals surface area contributed by atoms with Crippen molar-refractivity contribution < 1.29 is 19.2 Å². The summed E-state index contributed by atoms with van der Waals surface area (Å²) >= 11 is 0. The molecule has 2 aliphatic rings. The number of hydrogen-bond acceptors (Lipinski definition) is 4. The van der Waals surface area contributed by atoms with E-state index in [1.54, 1.807) is 24.3 Å². The Kier molecular flexibility index (Phi) is 6.74. The van der Waals surface area contributed by atoms with Gasteiger partial charge in [0.2, 0.25) is 5.91 Å². The van der Waals surface area contributed by atoms with Crippen LogP contribution in [0.15, 0.2) is 24.3 Å². The molecule has 2 fully saturated rings. The standard InChI is InChI=1S/C22H30N4O4/c1-15(2)14-23-19(28)16-8-3-4-9-17(16)24-18(27)10-7-13-26-20(29)22(25-21(26)30)11-5-6-12-22/h3-4,8-9,15H,5-7,10-14H2,1-2H3,(H,23,28)(H,24,27)(H,25,30). The van der Waals surface area contributed by atoms with E-state index in [4.69, 9.17) is 0 Å². The van der Waals surface area contributed by atoms with Gasteiger partial charge in [0, 0.05) is 19.5 Å². The zero-order valence-corrected chi connectivity index (χ0v) is 17.6. The summed E-state index contributed by atoms with van der Waals surface area (Å²) in [6.07, 6.45) is 3.75. The fourth-order valence-corrected chi connectivity index (χ4v) is 3.99. The molecule has 1 saturated heterocycles. The third kappa shape index (κ3) is 4.80. The highest BCUT2D eigenvalue weighted by Crippen LogP contribution is 2.35. The summed E-state index contributed by atoms with van der Waals surface area (Å²) in [7, 11) is 0. The molecule has 1 saturated carbocycles. The molecule has 1 aromatic carbocycles. The molecular weight excluding hydrogens is 384 g/mol. The molecule has 1 aromatic rings. The normalized spacial score (nSPS) is 17.5. The van der Waals surface area contributed by atoms with E-state index in [2.05, 4.69) is 16.0 Å². The first-order valence-corrected chi connectivity index (χ1v) is 10.6. The molecule has 162 valence electrons. The minimum atomic E-state index is -0.721. The number of nitrogens with one attached hydrogen (secondary N) is 3. The van der Waals surface area contributed by atoms with E-state index in [1.807, 2.05) is 13.8 Å². The van der Waals surface area contributed by atoms with Crippen LogP contribution in [0.2, 0.25) is 0 Å². The molecule has 1 heterocycles. The number of benzene rings is 1. The first kappa shape index (κ1) is 21.8. The average molecular weight is 415 g/mol. The quantitative estimate of drug-likeness (QED) is 0.568. The van der Waals surface area contributed by atoms with Crippen molar-refractivity contribution in [3.8, 4) is 0 Å². The smallest absolute Gasteiger partial charge is 0.325 e. The van der Waals surface area contributed by atoms with Crippen LogP contribution in [0.25, 0.3) is 0 Å². The minimum Gasteiger partial charge on any atom is -0.352 e. The minimum absolute atomic E-state index is 0.145. The highest BCUT2D eigenvalue weighted by Gasteiger charge is 2.52. The van der Waals surface area contributed by atoms with E-state index in [1.165, 1.54) is 4.90 Å².